The zero-order valence-corrected chi connectivity index (χ0v) is 40.1. The zero-order valence-electron chi connectivity index (χ0n) is 40.1. The molecule has 6 amide bonds. The lowest BCUT2D eigenvalue weighted by molar-refractivity contribution is -0.142. The summed E-state index contributed by atoms with van der Waals surface area (Å²) in [6, 6.07) is 28.0. The largest absolute Gasteiger partial charge is 0.480 e. The summed E-state index contributed by atoms with van der Waals surface area (Å²) in [5.74, 6) is -5.78. The van der Waals surface area contributed by atoms with Gasteiger partial charge in [-0.15, -0.1) is 0 Å². The van der Waals surface area contributed by atoms with Crippen molar-refractivity contribution in [3.8, 4) is 0 Å². The number of nitrogens with one attached hydrogen (secondary N) is 6. The van der Waals surface area contributed by atoms with Crippen LogP contribution in [0.15, 0.2) is 121 Å². The van der Waals surface area contributed by atoms with Gasteiger partial charge in [-0.1, -0.05) is 149 Å². The molecule has 69 heavy (non-hydrogen) atoms. The molecule has 16 heteroatoms. The quantitative estimate of drug-likeness (QED) is 0.0376. The molecule has 0 aliphatic rings. The second-order valence-corrected chi connectivity index (χ2v) is 18.2. The summed E-state index contributed by atoms with van der Waals surface area (Å²) in [4.78, 5) is 96.6. The highest BCUT2D eigenvalue weighted by Gasteiger charge is 2.35. The van der Waals surface area contributed by atoms with E-state index in [1.54, 1.807) is 74.5 Å². The van der Waals surface area contributed by atoms with Gasteiger partial charge in [-0.25, -0.2) is 4.79 Å². The fourth-order valence-corrected chi connectivity index (χ4v) is 7.74. The van der Waals surface area contributed by atoms with Gasteiger partial charge in [0.1, 0.15) is 36.3 Å². The fraction of sp³-hybridized carbons (Fsp3) is 0.415. The van der Waals surface area contributed by atoms with Crippen molar-refractivity contribution in [3.05, 3.63) is 144 Å². The third-order valence-electron chi connectivity index (χ3n) is 11.5. The van der Waals surface area contributed by atoms with Gasteiger partial charge in [-0.3, -0.25) is 28.8 Å². The van der Waals surface area contributed by atoms with E-state index in [0.717, 1.165) is 11.1 Å². The van der Waals surface area contributed by atoms with Crippen LogP contribution in [0.25, 0.3) is 0 Å². The molecule has 0 aliphatic heterocycles. The van der Waals surface area contributed by atoms with E-state index in [1.165, 1.54) is 0 Å². The van der Waals surface area contributed by atoms with Crippen molar-refractivity contribution in [2.24, 2.45) is 23.3 Å². The highest BCUT2D eigenvalue weighted by atomic mass is 16.4. The lowest BCUT2D eigenvalue weighted by atomic mass is 9.98. The second-order valence-electron chi connectivity index (χ2n) is 18.2. The van der Waals surface area contributed by atoms with Gasteiger partial charge >= 0.3 is 5.97 Å². The number of rotatable bonds is 28. The highest BCUT2D eigenvalue weighted by Crippen LogP contribution is 2.13. The SMILES string of the molecule is CC(C)C[C@H](NC(=O)[C@H](CCCCN)NC(=O)[C@H](Cc1ccccc1)NC(=O)[C@@H](N)Cc1ccccc1)C(=O)N[C@H](C(=O)N[C@@H](Cc1ccccc1)C(=O)N[C@@H](Cc1ccccc1)C(=O)O)C(C)C. The number of carboxylic acid groups (broad SMARTS) is 1. The second kappa shape index (κ2) is 28.4. The van der Waals surface area contributed by atoms with E-state index in [4.69, 9.17) is 11.5 Å². The molecule has 7 atom stereocenters. The molecule has 16 nitrogen and oxygen atoms in total. The normalized spacial score (nSPS) is 14.2. The van der Waals surface area contributed by atoms with Gasteiger partial charge in [0.2, 0.25) is 35.4 Å². The molecule has 0 saturated heterocycles. The summed E-state index contributed by atoms with van der Waals surface area (Å²) in [5.41, 5.74) is 15.1. The molecule has 0 fully saturated rings. The van der Waals surface area contributed by atoms with Crippen LogP contribution in [0.4, 0.5) is 0 Å². The van der Waals surface area contributed by atoms with Crippen LogP contribution >= 0.6 is 0 Å². The van der Waals surface area contributed by atoms with Gasteiger partial charge in [0.15, 0.2) is 0 Å². The first-order valence-electron chi connectivity index (χ1n) is 23.7. The van der Waals surface area contributed by atoms with Crippen LogP contribution < -0.4 is 43.4 Å². The van der Waals surface area contributed by atoms with Crippen LogP contribution in [0.5, 0.6) is 0 Å². The molecule has 4 aromatic carbocycles. The molecular formula is C53H70N8O8. The molecule has 0 bridgehead atoms. The Kier molecular flexibility index (Phi) is 22.5. The summed E-state index contributed by atoms with van der Waals surface area (Å²) >= 11 is 0. The first-order chi connectivity index (χ1) is 33.0. The Bertz CT molecular complexity index is 2250. The Labute approximate surface area is 405 Å². The molecule has 0 radical (unpaired) electrons. The number of amides is 6. The first kappa shape index (κ1) is 54.7. The van der Waals surface area contributed by atoms with E-state index in [2.05, 4.69) is 31.9 Å². The van der Waals surface area contributed by atoms with Crippen molar-refractivity contribution in [1.29, 1.82) is 0 Å². The smallest absolute Gasteiger partial charge is 0.326 e. The van der Waals surface area contributed by atoms with E-state index in [0.29, 0.717) is 30.5 Å². The van der Waals surface area contributed by atoms with Crippen LogP contribution in [-0.4, -0.2) is 95.4 Å². The molecule has 0 spiro atoms. The first-order valence-corrected chi connectivity index (χ1v) is 23.7. The fourth-order valence-electron chi connectivity index (χ4n) is 7.74. The highest BCUT2D eigenvalue weighted by molar-refractivity contribution is 5.97. The maximum Gasteiger partial charge on any atom is 0.326 e. The Morgan fingerprint density at radius 2 is 0.812 bits per heavy atom. The molecule has 0 aliphatic carbocycles. The van der Waals surface area contributed by atoms with Crippen LogP contribution in [0, 0.1) is 11.8 Å². The topological polar surface area (TPSA) is 264 Å². The molecule has 4 rings (SSSR count). The van der Waals surface area contributed by atoms with Crippen molar-refractivity contribution in [2.45, 2.75) is 121 Å². The number of carbonyl (C=O) groups excluding carboxylic acids is 6. The minimum Gasteiger partial charge on any atom is -0.480 e. The maximum absolute atomic E-state index is 14.3. The van der Waals surface area contributed by atoms with Gasteiger partial charge in [-0.05, 0) is 72.7 Å². The van der Waals surface area contributed by atoms with Crippen molar-refractivity contribution in [2.75, 3.05) is 6.54 Å². The summed E-state index contributed by atoms with van der Waals surface area (Å²) in [5, 5.41) is 26.7. The van der Waals surface area contributed by atoms with E-state index in [1.807, 2.05) is 74.5 Å². The number of hydrogen-bond donors (Lipinski definition) is 9. The molecule has 0 unspecified atom stereocenters. The Morgan fingerprint density at radius 3 is 1.23 bits per heavy atom. The number of aliphatic carboxylic acids is 1. The summed E-state index contributed by atoms with van der Waals surface area (Å²) in [7, 11) is 0. The molecular weight excluding hydrogens is 877 g/mol. The molecule has 0 aromatic heterocycles. The Morgan fingerprint density at radius 1 is 0.449 bits per heavy atom. The minimum absolute atomic E-state index is 0.00778. The Hall–Kier alpha value is -6.91. The number of hydrogen-bond acceptors (Lipinski definition) is 9. The van der Waals surface area contributed by atoms with Crippen molar-refractivity contribution < 1.29 is 38.7 Å². The molecule has 0 heterocycles. The van der Waals surface area contributed by atoms with Crippen molar-refractivity contribution >= 4 is 41.4 Å². The van der Waals surface area contributed by atoms with E-state index < -0.39 is 89.6 Å². The number of carboxylic acids is 1. The van der Waals surface area contributed by atoms with Gasteiger partial charge in [-0.2, -0.15) is 0 Å². The standard InChI is InChI=1S/C53H70N8O8/c1-34(2)29-42(51(66)61-46(35(3)4)52(67)59-44(32-38-23-13-7-14-24-38)50(65)60-45(53(68)69)33-39-25-15-8-16-26-39)58-48(63)41(27-17-18-28-54)56-49(64)43(31-37-21-11-6-12-22-37)57-47(62)40(55)30-36-19-9-5-10-20-36/h5-16,19-26,34-35,40-46H,17-18,27-33,54-55H2,1-4H3,(H,56,64)(H,57,62)(H,58,63)(H,59,67)(H,60,65)(H,61,66)(H,68,69)/t40-,41-,42-,43-,44-,45-,46-/m0/s1. The predicted octanol–water partition coefficient (Wildman–Crippen LogP) is 3.11. The van der Waals surface area contributed by atoms with E-state index >= 15 is 0 Å². The third-order valence-corrected chi connectivity index (χ3v) is 11.5. The predicted molar refractivity (Wildman–Crippen MR) is 265 cm³/mol. The summed E-state index contributed by atoms with van der Waals surface area (Å²) in [6.45, 7) is 7.51. The van der Waals surface area contributed by atoms with E-state index in [9.17, 15) is 38.7 Å². The summed E-state index contributed by atoms with van der Waals surface area (Å²) < 4.78 is 0. The molecule has 4 aromatic rings. The molecule has 0 saturated carbocycles. The number of nitrogens with two attached hydrogens (primary N) is 2. The lowest BCUT2D eigenvalue weighted by Gasteiger charge is -2.29. The average Bonchev–Trinajstić information content (AvgIpc) is 3.32. The monoisotopic (exact) mass is 947 g/mol. The van der Waals surface area contributed by atoms with Crippen molar-refractivity contribution in [1.82, 2.24) is 31.9 Å². The number of carbonyl (C=O) groups is 7. The van der Waals surface area contributed by atoms with Crippen LogP contribution in [0.1, 0.15) is 75.6 Å². The number of benzene rings is 4. The van der Waals surface area contributed by atoms with E-state index in [-0.39, 0.29) is 44.4 Å². The maximum atomic E-state index is 14.3. The average molecular weight is 947 g/mol. The Balaban J connectivity index is 1.53. The van der Waals surface area contributed by atoms with Gasteiger partial charge in [0.05, 0.1) is 6.04 Å². The van der Waals surface area contributed by atoms with Gasteiger partial charge < -0.3 is 48.5 Å². The summed E-state index contributed by atoms with van der Waals surface area (Å²) in [6.07, 6.45) is 1.71. The molecule has 11 N–H and O–H groups in total. The van der Waals surface area contributed by atoms with Crippen LogP contribution in [0.3, 0.4) is 0 Å². The minimum atomic E-state index is -1.29. The van der Waals surface area contributed by atoms with Crippen molar-refractivity contribution in [3.63, 3.8) is 0 Å². The van der Waals surface area contributed by atoms with Crippen LogP contribution in [0.2, 0.25) is 0 Å². The van der Waals surface area contributed by atoms with Crippen LogP contribution in [-0.2, 0) is 59.2 Å². The third kappa shape index (κ3) is 19.0. The lowest BCUT2D eigenvalue weighted by Crippen LogP contribution is -2.61. The zero-order chi connectivity index (χ0) is 50.3. The molecule has 370 valence electrons. The van der Waals surface area contributed by atoms with Gasteiger partial charge in [0.25, 0.3) is 0 Å². The number of unbranched alkanes of at least 4 members (excludes halogenated alkanes) is 1. The van der Waals surface area contributed by atoms with Gasteiger partial charge in [0, 0.05) is 19.3 Å².